The SMILES string of the molecule is CCOc1cccc(CNC(=O)COc2cc(C)c(Cl)c(C)c2)c1. The summed E-state index contributed by atoms with van der Waals surface area (Å²) in [6, 6.07) is 11.3. The van der Waals surface area contributed by atoms with Crippen molar-refractivity contribution >= 4 is 17.5 Å². The predicted octanol–water partition coefficient (Wildman–Crippen LogP) is 4.05. The molecule has 2 rings (SSSR count). The first-order valence-electron chi connectivity index (χ1n) is 7.87. The number of carbonyl (C=O) groups is 1. The lowest BCUT2D eigenvalue weighted by Gasteiger charge is -2.11. The molecule has 0 aliphatic carbocycles. The summed E-state index contributed by atoms with van der Waals surface area (Å²) in [7, 11) is 0. The summed E-state index contributed by atoms with van der Waals surface area (Å²) in [5, 5.41) is 3.56. The van der Waals surface area contributed by atoms with E-state index in [0.717, 1.165) is 27.5 Å². The molecule has 128 valence electrons. The maximum Gasteiger partial charge on any atom is 0.258 e. The number of hydrogen-bond acceptors (Lipinski definition) is 3. The van der Waals surface area contributed by atoms with E-state index >= 15 is 0 Å². The van der Waals surface area contributed by atoms with E-state index < -0.39 is 0 Å². The lowest BCUT2D eigenvalue weighted by atomic mass is 10.1. The Bertz CT molecular complexity index is 693. The van der Waals surface area contributed by atoms with Gasteiger partial charge in [-0.05, 0) is 61.7 Å². The normalized spacial score (nSPS) is 10.3. The number of hydrogen-bond donors (Lipinski definition) is 1. The molecule has 2 aromatic rings. The number of ether oxygens (including phenoxy) is 2. The molecule has 0 spiro atoms. The van der Waals surface area contributed by atoms with Gasteiger partial charge in [-0.15, -0.1) is 0 Å². The molecule has 0 radical (unpaired) electrons. The van der Waals surface area contributed by atoms with Crippen LogP contribution < -0.4 is 14.8 Å². The lowest BCUT2D eigenvalue weighted by molar-refractivity contribution is -0.123. The minimum Gasteiger partial charge on any atom is -0.494 e. The third kappa shape index (κ3) is 5.17. The van der Waals surface area contributed by atoms with Gasteiger partial charge in [-0.2, -0.15) is 0 Å². The Labute approximate surface area is 147 Å². The van der Waals surface area contributed by atoms with Crippen molar-refractivity contribution in [1.29, 1.82) is 0 Å². The largest absolute Gasteiger partial charge is 0.494 e. The molecule has 4 nitrogen and oxygen atoms in total. The van der Waals surface area contributed by atoms with Crippen LogP contribution in [0, 0.1) is 13.8 Å². The van der Waals surface area contributed by atoms with Gasteiger partial charge in [-0.25, -0.2) is 0 Å². The van der Waals surface area contributed by atoms with Crippen LogP contribution in [0.5, 0.6) is 11.5 Å². The summed E-state index contributed by atoms with van der Waals surface area (Å²) in [6.07, 6.45) is 0. The van der Waals surface area contributed by atoms with Gasteiger partial charge in [0, 0.05) is 11.6 Å². The molecule has 24 heavy (non-hydrogen) atoms. The summed E-state index contributed by atoms with van der Waals surface area (Å²) < 4.78 is 11.0. The standard InChI is InChI=1S/C19H22ClNO3/c1-4-23-16-7-5-6-15(10-16)11-21-18(22)12-24-17-8-13(2)19(20)14(3)9-17/h5-10H,4,11-12H2,1-3H3,(H,21,22). The van der Waals surface area contributed by atoms with E-state index in [9.17, 15) is 4.79 Å². The molecular formula is C19H22ClNO3. The van der Waals surface area contributed by atoms with Gasteiger partial charge in [-0.3, -0.25) is 4.79 Å². The van der Waals surface area contributed by atoms with E-state index in [-0.39, 0.29) is 12.5 Å². The Morgan fingerprint density at radius 3 is 2.46 bits per heavy atom. The second-order valence-corrected chi connectivity index (χ2v) is 5.89. The Morgan fingerprint density at radius 2 is 1.79 bits per heavy atom. The number of amides is 1. The highest BCUT2D eigenvalue weighted by Gasteiger charge is 2.07. The van der Waals surface area contributed by atoms with Crippen molar-refractivity contribution in [3.05, 3.63) is 58.1 Å². The maximum absolute atomic E-state index is 11.9. The first-order chi connectivity index (χ1) is 11.5. The first kappa shape index (κ1) is 18.1. The van der Waals surface area contributed by atoms with Crippen molar-refractivity contribution in [3.8, 4) is 11.5 Å². The fourth-order valence-electron chi connectivity index (χ4n) is 2.30. The molecular weight excluding hydrogens is 326 g/mol. The van der Waals surface area contributed by atoms with Gasteiger partial charge in [0.1, 0.15) is 11.5 Å². The zero-order valence-electron chi connectivity index (χ0n) is 14.2. The topological polar surface area (TPSA) is 47.6 Å². The lowest BCUT2D eigenvalue weighted by Crippen LogP contribution is -2.28. The number of carbonyl (C=O) groups excluding carboxylic acids is 1. The fourth-order valence-corrected chi connectivity index (χ4v) is 2.41. The molecule has 0 aromatic heterocycles. The Hall–Kier alpha value is -2.20. The van der Waals surface area contributed by atoms with Crippen LogP contribution in [0.15, 0.2) is 36.4 Å². The highest BCUT2D eigenvalue weighted by Crippen LogP contribution is 2.25. The van der Waals surface area contributed by atoms with Crippen LogP contribution in [-0.4, -0.2) is 19.1 Å². The van der Waals surface area contributed by atoms with Crippen LogP contribution in [0.4, 0.5) is 0 Å². The number of rotatable bonds is 7. The minimum absolute atomic E-state index is 0.0360. The molecule has 0 aliphatic heterocycles. The number of halogens is 1. The summed E-state index contributed by atoms with van der Waals surface area (Å²) in [5.41, 5.74) is 2.84. The smallest absolute Gasteiger partial charge is 0.258 e. The van der Waals surface area contributed by atoms with Crippen LogP contribution in [0.1, 0.15) is 23.6 Å². The first-order valence-corrected chi connectivity index (χ1v) is 8.25. The van der Waals surface area contributed by atoms with E-state index in [1.165, 1.54) is 0 Å². The van der Waals surface area contributed by atoms with Crippen LogP contribution in [0.3, 0.4) is 0 Å². The Balaban J connectivity index is 1.84. The molecule has 2 aromatic carbocycles. The molecule has 0 atom stereocenters. The van der Waals surface area contributed by atoms with Crippen LogP contribution in [0.2, 0.25) is 5.02 Å². The maximum atomic E-state index is 11.9. The average Bonchev–Trinajstić information content (AvgIpc) is 2.56. The summed E-state index contributed by atoms with van der Waals surface area (Å²) >= 11 is 6.12. The Morgan fingerprint density at radius 1 is 1.08 bits per heavy atom. The van der Waals surface area contributed by atoms with Crippen molar-refractivity contribution < 1.29 is 14.3 Å². The van der Waals surface area contributed by atoms with Crippen molar-refractivity contribution in [1.82, 2.24) is 5.32 Å². The molecule has 0 unspecified atom stereocenters. The highest BCUT2D eigenvalue weighted by atomic mass is 35.5. The summed E-state index contributed by atoms with van der Waals surface area (Å²) in [5.74, 6) is 1.26. The van der Waals surface area contributed by atoms with Crippen molar-refractivity contribution in [3.63, 3.8) is 0 Å². The molecule has 0 saturated carbocycles. The van der Waals surface area contributed by atoms with Gasteiger partial charge in [0.25, 0.3) is 5.91 Å². The monoisotopic (exact) mass is 347 g/mol. The van der Waals surface area contributed by atoms with Crippen LogP contribution >= 0.6 is 11.6 Å². The third-order valence-electron chi connectivity index (χ3n) is 3.48. The van der Waals surface area contributed by atoms with E-state index in [1.54, 1.807) is 0 Å². The zero-order chi connectivity index (χ0) is 17.5. The molecule has 0 heterocycles. The quantitative estimate of drug-likeness (QED) is 0.822. The van der Waals surface area contributed by atoms with E-state index in [0.29, 0.717) is 18.9 Å². The summed E-state index contributed by atoms with van der Waals surface area (Å²) in [6.45, 7) is 6.77. The van der Waals surface area contributed by atoms with E-state index in [1.807, 2.05) is 57.2 Å². The number of nitrogens with one attached hydrogen (secondary N) is 1. The van der Waals surface area contributed by atoms with Gasteiger partial charge in [0.2, 0.25) is 0 Å². The van der Waals surface area contributed by atoms with Gasteiger partial charge in [0.05, 0.1) is 6.61 Å². The predicted molar refractivity (Wildman–Crippen MR) is 95.9 cm³/mol. The van der Waals surface area contributed by atoms with Crippen molar-refractivity contribution in [2.75, 3.05) is 13.2 Å². The number of benzene rings is 2. The minimum atomic E-state index is -0.179. The van der Waals surface area contributed by atoms with Crippen molar-refractivity contribution in [2.45, 2.75) is 27.3 Å². The molecule has 5 heteroatoms. The zero-order valence-corrected chi connectivity index (χ0v) is 14.9. The fraction of sp³-hybridized carbons (Fsp3) is 0.316. The number of aryl methyl sites for hydroxylation is 2. The molecule has 0 bridgehead atoms. The molecule has 0 aliphatic rings. The van der Waals surface area contributed by atoms with Gasteiger partial charge in [0.15, 0.2) is 6.61 Å². The molecule has 0 saturated heterocycles. The van der Waals surface area contributed by atoms with Gasteiger partial charge >= 0.3 is 0 Å². The van der Waals surface area contributed by atoms with Crippen LogP contribution in [-0.2, 0) is 11.3 Å². The highest BCUT2D eigenvalue weighted by molar-refractivity contribution is 6.32. The van der Waals surface area contributed by atoms with Gasteiger partial charge < -0.3 is 14.8 Å². The summed E-state index contributed by atoms with van der Waals surface area (Å²) in [4.78, 5) is 11.9. The Kier molecular flexibility index (Phi) is 6.50. The molecule has 1 N–H and O–H groups in total. The second kappa shape index (κ2) is 8.60. The second-order valence-electron chi connectivity index (χ2n) is 5.52. The molecule has 1 amide bonds. The average molecular weight is 348 g/mol. The van der Waals surface area contributed by atoms with Crippen molar-refractivity contribution in [2.24, 2.45) is 0 Å². The van der Waals surface area contributed by atoms with E-state index in [4.69, 9.17) is 21.1 Å². The van der Waals surface area contributed by atoms with Gasteiger partial charge in [-0.1, -0.05) is 23.7 Å². The molecule has 0 fully saturated rings. The third-order valence-corrected chi connectivity index (χ3v) is 4.08. The van der Waals surface area contributed by atoms with Crippen LogP contribution in [0.25, 0.3) is 0 Å². The van der Waals surface area contributed by atoms with E-state index in [2.05, 4.69) is 5.32 Å².